The van der Waals surface area contributed by atoms with Crippen molar-refractivity contribution in [2.75, 3.05) is 13.1 Å². The molecule has 0 spiro atoms. The molecule has 0 aliphatic rings. The van der Waals surface area contributed by atoms with Gasteiger partial charge in [0.05, 0.1) is 6.20 Å². The van der Waals surface area contributed by atoms with Crippen molar-refractivity contribution in [2.24, 2.45) is 0 Å². The van der Waals surface area contributed by atoms with Crippen LogP contribution in [0.5, 0.6) is 0 Å². The fraction of sp³-hybridized carbons (Fsp3) is 0.667. The number of hydrogen-bond donors (Lipinski definition) is 1. The predicted molar refractivity (Wildman–Crippen MR) is 65.8 cm³/mol. The second kappa shape index (κ2) is 6.39. The number of carboxylic acid groups (broad SMARTS) is 1. The molecule has 96 valence electrons. The van der Waals surface area contributed by atoms with Crippen molar-refractivity contribution < 1.29 is 9.90 Å². The van der Waals surface area contributed by atoms with E-state index in [0.717, 1.165) is 18.5 Å². The van der Waals surface area contributed by atoms with E-state index >= 15 is 0 Å². The van der Waals surface area contributed by atoms with Gasteiger partial charge in [0.15, 0.2) is 0 Å². The number of aryl methyl sites for hydroxylation is 1. The van der Waals surface area contributed by atoms with Crippen molar-refractivity contribution in [2.45, 2.75) is 39.8 Å². The molecule has 0 radical (unpaired) electrons. The number of carboxylic acids is 1. The standard InChI is InChI=1S/C12H21N3O2/c1-4-7-15-9-10(8-13-15)11(12(16)17)14(5-2)6-3/h8-9,11H,4-7H2,1-3H3,(H,16,17). The average molecular weight is 239 g/mol. The molecule has 1 rings (SSSR count). The molecular weight excluding hydrogens is 218 g/mol. The largest absolute Gasteiger partial charge is 0.480 e. The molecule has 0 fully saturated rings. The van der Waals surface area contributed by atoms with E-state index in [-0.39, 0.29) is 0 Å². The van der Waals surface area contributed by atoms with Crippen LogP contribution in [0.2, 0.25) is 0 Å². The Balaban J connectivity index is 2.92. The third kappa shape index (κ3) is 3.30. The van der Waals surface area contributed by atoms with Gasteiger partial charge >= 0.3 is 5.97 Å². The summed E-state index contributed by atoms with van der Waals surface area (Å²) in [4.78, 5) is 13.3. The van der Waals surface area contributed by atoms with Gasteiger partial charge in [0.25, 0.3) is 0 Å². The number of nitrogens with zero attached hydrogens (tertiary/aromatic N) is 3. The fourth-order valence-electron chi connectivity index (χ4n) is 1.97. The van der Waals surface area contributed by atoms with Gasteiger partial charge in [0, 0.05) is 18.3 Å². The lowest BCUT2D eigenvalue weighted by Gasteiger charge is -2.25. The van der Waals surface area contributed by atoms with Gasteiger partial charge in [-0.1, -0.05) is 20.8 Å². The van der Waals surface area contributed by atoms with Crippen LogP contribution in [0.4, 0.5) is 0 Å². The van der Waals surface area contributed by atoms with Crippen LogP contribution >= 0.6 is 0 Å². The summed E-state index contributed by atoms with van der Waals surface area (Å²) in [7, 11) is 0. The van der Waals surface area contributed by atoms with Crippen LogP contribution in [0.15, 0.2) is 12.4 Å². The van der Waals surface area contributed by atoms with Crippen LogP contribution in [-0.4, -0.2) is 38.8 Å². The minimum atomic E-state index is -0.815. The fourth-order valence-corrected chi connectivity index (χ4v) is 1.97. The first kappa shape index (κ1) is 13.7. The molecule has 0 aliphatic carbocycles. The van der Waals surface area contributed by atoms with Crippen molar-refractivity contribution in [3.8, 4) is 0 Å². The Morgan fingerprint density at radius 3 is 2.59 bits per heavy atom. The summed E-state index contributed by atoms with van der Waals surface area (Å²) in [5.74, 6) is -0.815. The highest BCUT2D eigenvalue weighted by molar-refractivity contribution is 5.75. The molecule has 0 saturated carbocycles. The molecule has 5 nitrogen and oxygen atoms in total. The van der Waals surface area contributed by atoms with E-state index in [1.54, 1.807) is 10.9 Å². The molecule has 0 aliphatic heterocycles. The molecule has 0 saturated heterocycles. The molecule has 1 unspecified atom stereocenters. The third-order valence-corrected chi connectivity index (χ3v) is 2.83. The summed E-state index contributed by atoms with van der Waals surface area (Å²) in [6, 6.07) is -0.587. The van der Waals surface area contributed by atoms with E-state index in [0.29, 0.717) is 13.1 Å². The second-order valence-electron chi connectivity index (χ2n) is 4.00. The molecule has 0 aromatic carbocycles. The molecule has 17 heavy (non-hydrogen) atoms. The molecule has 1 aromatic rings. The predicted octanol–water partition coefficient (Wildman–Crippen LogP) is 1.76. The highest BCUT2D eigenvalue weighted by Gasteiger charge is 2.26. The molecule has 5 heteroatoms. The summed E-state index contributed by atoms with van der Waals surface area (Å²) in [6.07, 6.45) is 4.48. The topological polar surface area (TPSA) is 58.4 Å². The first-order valence-electron chi connectivity index (χ1n) is 6.13. The summed E-state index contributed by atoms with van der Waals surface area (Å²) >= 11 is 0. The Morgan fingerprint density at radius 1 is 1.47 bits per heavy atom. The second-order valence-corrected chi connectivity index (χ2v) is 4.00. The van der Waals surface area contributed by atoms with Gasteiger partial charge in [0.1, 0.15) is 6.04 Å². The quantitative estimate of drug-likeness (QED) is 0.787. The zero-order chi connectivity index (χ0) is 12.8. The molecule has 1 heterocycles. The number of hydrogen-bond acceptors (Lipinski definition) is 3. The Labute approximate surface area is 102 Å². The molecule has 1 N–H and O–H groups in total. The molecule has 0 amide bonds. The normalized spacial score (nSPS) is 12.9. The van der Waals surface area contributed by atoms with Crippen molar-refractivity contribution in [3.05, 3.63) is 18.0 Å². The van der Waals surface area contributed by atoms with Crippen molar-refractivity contribution in [1.29, 1.82) is 0 Å². The Morgan fingerprint density at radius 2 is 2.12 bits per heavy atom. The van der Waals surface area contributed by atoms with Crippen molar-refractivity contribution in [1.82, 2.24) is 14.7 Å². The maximum Gasteiger partial charge on any atom is 0.325 e. The maximum atomic E-state index is 11.3. The van der Waals surface area contributed by atoms with Gasteiger partial charge < -0.3 is 5.11 Å². The van der Waals surface area contributed by atoms with Crippen LogP contribution in [0.3, 0.4) is 0 Å². The summed E-state index contributed by atoms with van der Waals surface area (Å²) in [5.41, 5.74) is 0.759. The maximum absolute atomic E-state index is 11.3. The number of likely N-dealkylation sites (N-methyl/N-ethyl adjacent to an activating group) is 1. The van der Waals surface area contributed by atoms with Crippen LogP contribution in [0.25, 0.3) is 0 Å². The van der Waals surface area contributed by atoms with Gasteiger partial charge in [-0.3, -0.25) is 14.4 Å². The third-order valence-electron chi connectivity index (χ3n) is 2.83. The molecule has 1 aromatic heterocycles. The van der Waals surface area contributed by atoms with Crippen LogP contribution < -0.4 is 0 Å². The first-order valence-corrected chi connectivity index (χ1v) is 6.13. The smallest absolute Gasteiger partial charge is 0.325 e. The van der Waals surface area contributed by atoms with Gasteiger partial charge in [0.2, 0.25) is 0 Å². The lowest BCUT2D eigenvalue weighted by Crippen LogP contribution is -2.33. The number of aromatic nitrogens is 2. The average Bonchev–Trinajstić information content (AvgIpc) is 2.73. The monoisotopic (exact) mass is 239 g/mol. The van der Waals surface area contributed by atoms with Gasteiger partial charge in [-0.2, -0.15) is 5.10 Å². The van der Waals surface area contributed by atoms with E-state index in [2.05, 4.69) is 12.0 Å². The van der Waals surface area contributed by atoms with E-state index in [9.17, 15) is 9.90 Å². The highest BCUT2D eigenvalue weighted by atomic mass is 16.4. The van der Waals surface area contributed by atoms with Crippen LogP contribution in [0, 0.1) is 0 Å². The van der Waals surface area contributed by atoms with Gasteiger partial charge in [-0.15, -0.1) is 0 Å². The minimum absolute atomic E-state index is 0.587. The Kier molecular flexibility index (Phi) is 5.15. The lowest BCUT2D eigenvalue weighted by molar-refractivity contribution is -0.143. The van der Waals surface area contributed by atoms with E-state index < -0.39 is 12.0 Å². The molecule has 0 bridgehead atoms. The van der Waals surface area contributed by atoms with E-state index in [1.807, 2.05) is 24.9 Å². The molecule has 1 atom stereocenters. The van der Waals surface area contributed by atoms with Gasteiger partial charge in [-0.25, -0.2) is 0 Å². The van der Waals surface area contributed by atoms with Crippen molar-refractivity contribution >= 4 is 5.97 Å². The number of aliphatic carboxylic acids is 1. The molecular formula is C12H21N3O2. The Hall–Kier alpha value is -1.36. The lowest BCUT2D eigenvalue weighted by atomic mass is 10.1. The zero-order valence-corrected chi connectivity index (χ0v) is 10.8. The van der Waals surface area contributed by atoms with Crippen LogP contribution in [-0.2, 0) is 11.3 Å². The number of carbonyl (C=O) groups is 1. The summed E-state index contributed by atoms with van der Waals surface area (Å²) < 4.78 is 1.80. The highest BCUT2D eigenvalue weighted by Crippen LogP contribution is 2.20. The van der Waals surface area contributed by atoms with Crippen LogP contribution in [0.1, 0.15) is 38.8 Å². The number of rotatable bonds is 7. The summed E-state index contributed by atoms with van der Waals surface area (Å²) in [5, 5.41) is 13.5. The van der Waals surface area contributed by atoms with E-state index in [4.69, 9.17) is 0 Å². The minimum Gasteiger partial charge on any atom is -0.480 e. The SMILES string of the molecule is CCCn1cc(C(C(=O)O)N(CC)CC)cn1. The first-order chi connectivity index (χ1) is 8.13. The zero-order valence-electron chi connectivity index (χ0n) is 10.8. The van der Waals surface area contributed by atoms with Crippen molar-refractivity contribution in [3.63, 3.8) is 0 Å². The van der Waals surface area contributed by atoms with Gasteiger partial charge in [-0.05, 0) is 19.5 Å². The summed E-state index contributed by atoms with van der Waals surface area (Å²) in [6.45, 7) is 8.26. The Bertz CT molecular complexity index is 358. The van der Waals surface area contributed by atoms with E-state index in [1.165, 1.54) is 0 Å².